The van der Waals surface area contributed by atoms with Gasteiger partial charge >= 0.3 is 6.09 Å². The number of hydrogen-bond donors (Lipinski definition) is 3. The van der Waals surface area contributed by atoms with Gasteiger partial charge in [0.25, 0.3) is 5.91 Å². The lowest BCUT2D eigenvalue weighted by atomic mass is 9.85. The highest BCUT2D eigenvalue weighted by Crippen LogP contribution is 2.48. The Balaban J connectivity index is 1.83. The zero-order chi connectivity index (χ0) is 31.2. The maximum Gasteiger partial charge on any atom is 0.408 e. The van der Waals surface area contributed by atoms with E-state index in [2.05, 4.69) is 21.9 Å². The van der Waals surface area contributed by atoms with E-state index in [4.69, 9.17) is 4.74 Å². The van der Waals surface area contributed by atoms with Crippen LogP contribution in [0.3, 0.4) is 0 Å². The Bertz CT molecular complexity index is 1210. The van der Waals surface area contributed by atoms with E-state index in [9.17, 15) is 32.4 Å². The van der Waals surface area contributed by atoms with Crippen molar-refractivity contribution >= 4 is 40.1 Å². The van der Waals surface area contributed by atoms with Crippen LogP contribution in [0.5, 0.6) is 0 Å². The van der Waals surface area contributed by atoms with Crippen LogP contribution in [0.4, 0.5) is 4.79 Å². The largest absolute Gasteiger partial charge is 0.444 e. The topological polar surface area (TPSA) is 168 Å². The molecule has 0 bridgehead atoms. The fraction of sp³-hybridized carbons (Fsp3) is 0.750. The van der Waals surface area contributed by atoms with Crippen molar-refractivity contribution < 1.29 is 37.1 Å². The number of sulfonamides is 1. The van der Waals surface area contributed by atoms with Gasteiger partial charge < -0.3 is 25.1 Å². The zero-order valence-corrected chi connectivity index (χ0v) is 25.9. The molecule has 12 nitrogen and oxygen atoms in total. The van der Waals surface area contributed by atoms with Crippen LogP contribution in [0.15, 0.2) is 12.7 Å². The molecule has 4 amide bonds. The third kappa shape index (κ3) is 6.76. The smallest absolute Gasteiger partial charge is 0.408 e. The van der Waals surface area contributed by atoms with Crippen molar-refractivity contribution in [1.82, 2.24) is 20.3 Å². The quantitative estimate of drug-likeness (QED) is 0.253. The summed E-state index contributed by atoms with van der Waals surface area (Å²) >= 11 is 0. The van der Waals surface area contributed by atoms with Gasteiger partial charge in [0, 0.05) is 18.4 Å². The molecule has 1 heterocycles. The van der Waals surface area contributed by atoms with Gasteiger partial charge in [-0.1, -0.05) is 33.8 Å². The van der Waals surface area contributed by atoms with Crippen LogP contribution < -0.4 is 15.4 Å². The van der Waals surface area contributed by atoms with E-state index in [1.54, 1.807) is 48.5 Å². The summed E-state index contributed by atoms with van der Waals surface area (Å²) in [6.07, 6.45) is 2.76. The second kappa shape index (κ2) is 11.0. The van der Waals surface area contributed by atoms with Gasteiger partial charge in [-0.05, 0) is 58.3 Å². The van der Waals surface area contributed by atoms with E-state index in [0.717, 1.165) is 0 Å². The number of nitrogens with one attached hydrogen (secondary N) is 3. The van der Waals surface area contributed by atoms with Crippen LogP contribution in [-0.2, 0) is 33.9 Å². The second-order valence-corrected chi connectivity index (χ2v) is 15.6. The molecule has 0 radical (unpaired) electrons. The molecule has 0 aromatic carbocycles. The molecular weight excluding hydrogens is 552 g/mol. The van der Waals surface area contributed by atoms with Crippen molar-refractivity contribution in [2.75, 3.05) is 6.54 Å². The van der Waals surface area contributed by atoms with Gasteiger partial charge in [-0.2, -0.15) is 0 Å². The zero-order valence-electron chi connectivity index (χ0n) is 25.0. The Kier molecular flexibility index (Phi) is 8.76. The number of aldehydes is 1. The monoisotopic (exact) mass is 596 g/mol. The highest BCUT2D eigenvalue weighted by molar-refractivity contribution is 7.91. The first-order valence-corrected chi connectivity index (χ1v) is 15.5. The number of nitrogens with zero attached hydrogens (tertiary/aromatic N) is 1. The summed E-state index contributed by atoms with van der Waals surface area (Å²) in [7, 11) is -3.96. The lowest BCUT2D eigenvalue weighted by Crippen LogP contribution is -2.60. The summed E-state index contributed by atoms with van der Waals surface area (Å²) in [5, 5.41) is 5.31. The van der Waals surface area contributed by atoms with Gasteiger partial charge in [0.2, 0.25) is 21.8 Å². The number of ether oxygens (including phenoxy) is 1. The summed E-state index contributed by atoms with van der Waals surface area (Å²) in [4.78, 5) is 66.4. The Morgan fingerprint density at radius 3 is 2.17 bits per heavy atom. The number of carbonyl (C=O) groups is 5. The van der Waals surface area contributed by atoms with Gasteiger partial charge in [-0.15, -0.1) is 6.58 Å². The van der Waals surface area contributed by atoms with Gasteiger partial charge in [0.05, 0.1) is 4.75 Å². The van der Waals surface area contributed by atoms with E-state index in [1.165, 1.54) is 11.0 Å². The number of alkyl carbamates (subject to hydrolysis) is 1. The molecule has 2 saturated carbocycles. The van der Waals surface area contributed by atoms with E-state index in [1.807, 2.05) is 0 Å². The molecule has 5 atom stereocenters. The first-order chi connectivity index (χ1) is 18.8. The van der Waals surface area contributed by atoms with Crippen LogP contribution in [0.1, 0.15) is 80.6 Å². The molecule has 0 aromatic rings. The fourth-order valence-electron chi connectivity index (χ4n) is 5.31. The van der Waals surface area contributed by atoms with Crippen molar-refractivity contribution in [3.63, 3.8) is 0 Å². The summed E-state index contributed by atoms with van der Waals surface area (Å²) in [5.74, 6) is -3.28. The lowest BCUT2D eigenvalue weighted by Gasteiger charge is -2.36. The SMILES string of the molecule is C=C[C@@H]1C[C@]1(NC(=O)[C@@H]1CC(C=O)CN1C(=O)[C@@H](NC(=O)OC(C)(C)C)C(C)(C)C)C(=O)NS(=O)(=O)C1(CC)CC1. The lowest BCUT2D eigenvalue weighted by molar-refractivity contribution is -0.143. The summed E-state index contributed by atoms with van der Waals surface area (Å²) in [6, 6.07) is -2.22. The molecule has 13 heteroatoms. The van der Waals surface area contributed by atoms with Crippen molar-refractivity contribution in [1.29, 1.82) is 0 Å². The summed E-state index contributed by atoms with van der Waals surface area (Å²) in [6.45, 7) is 15.7. The fourth-order valence-corrected chi connectivity index (χ4v) is 6.97. The summed E-state index contributed by atoms with van der Waals surface area (Å²) in [5.41, 5.74) is -3.13. The molecule has 3 aliphatic rings. The third-order valence-electron chi connectivity index (χ3n) is 8.19. The number of rotatable bonds is 10. The molecule has 41 heavy (non-hydrogen) atoms. The minimum atomic E-state index is -3.96. The van der Waals surface area contributed by atoms with Crippen molar-refractivity contribution in [2.24, 2.45) is 17.3 Å². The molecule has 2 aliphatic carbocycles. The van der Waals surface area contributed by atoms with E-state index >= 15 is 0 Å². The molecule has 0 aromatic heterocycles. The molecule has 3 rings (SSSR count). The highest BCUT2D eigenvalue weighted by atomic mass is 32.2. The van der Waals surface area contributed by atoms with E-state index in [-0.39, 0.29) is 19.4 Å². The van der Waals surface area contributed by atoms with Crippen molar-refractivity contribution in [2.45, 2.75) is 109 Å². The normalized spacial score (nSPS) is 27.7. The number of hydrogen-bond acceptors (Lipinski definition) is 8. The van der Waals surface area contributed by atoms with Crippen LogP contribution >= 0.6 is 0 Å². The average Bonchev–Trinajstić information content (AvgIpc) is 3.74. The van der Waals surface area contributed by atoms with Crippen LogP contribution in [0.25, 0.3) is 0 Å². The second-order valence-electron chi connectivity index (χ2n) is 13.6. The number of carbonyl (C=O) groups excluding carboxylic acids is 5. The van der Waals surface area contributed by atoms with Gasteiger partial charge in [-0.25, -0.2) is 13.2 Å². The third-order valence-corrected chi connectivity index (χ3v) is 10.5. The maximum atomic E-state index is 13.8. The Morgan fingerprint density at radius 2 is 1.73 bits per heavy atom. The molecule has 1 aliphatic heterocycles. The van der Waals surface area contributed by atoms with Crippen LogP contribution in [0, 0.1) is 17.3 Å². The first kappa shape index (κ1) is 32.6. The predicted octanol–water partition coefficient (Wildman–Crippen LogP) is 1.79. The molecule has 3 N–H and O–H groups in total. The number of likely N-dealkylation sites (tertiary alicyclic amines) is 1. The Labute approximate surface area is 242 Å². The van der Waals surface area contributed by atoms with Gasteiger partial charge in [0.1, 0.15) is 29.5 Å². The Morgan fingerprint density at radius 1 is 1.12 bits per heavy atom. The van der Waals surface area contributed by atoms with Gasteiger partial charge in [0.15, 0.2) is 0 Å². The molecule has 230 valence electrons. The van der Waals surface area contributed by atoms with Crippen molar-refractivity contribution in [3.8, 4) is 0 Å². The number of amides is 4. The van der Waals surface area contributed by atoms with E-state index < -0.39 is 79.1 Å². The van der Waals surface area contributed by atoms with Crippen molar-refractivity contribution in [3.05, 3.63) is 12.7 Å². The summed E-state index contributed by atoms with van der Waals surface area (Å²) < 4.78 is 32.4. The minimum Gasteiger partial charge on any atom is -0.444 e. The molecule has 0 spiro atoms. The molecule has 1 saturated heterocycles. The Hall–Kier alpha value is -2.96. The average molecular weight is 597 g/mol. The van der Waals surface area contributed by atoms with Crippen LogP contribution in [0.2, 0.25) is 0 Å². The molecule has 3 fully saturated rings. The first-order valence-electron chi connectivity index (χ1n) is 14.0. The highest BCUT2D eigenvalue weighted by Gasteiger charge is 2.63. The minimum absolute atomic E-state index is 0.0120. The molecular formula is C28H44N4O8S. The maximum absolute atomic E-state index is 13.8. The van der Waals surface area contributed by atoms with Crippen LogP contribution in [-0.4, -0.2) is 77.9 Å². The van der Waals surface area contributed by atoms with E-state index in [0.29, 0.717) is 25.5 Å². The predicted molar refractivity (Wildman–Crippen MR) is 151 cm³/mol. The molecule has 1 unspecified atom stereocenters. The standard InChI is InChI=1S/C28H44N4O8S/c1-9-18-14-28(18,23(36)31-41(38,39)27(10-2)11-12-27)30-21(34)19-13-17(16-33)15-32(19)22(35)20(25(3,4)5)29-24(37)40-26(6,7)8/h9,16-20H,1,10-15H2,2-8H3,(H,29,37)(H,30,34)(H,31,36)/t17?,18-,19+,20-,28-/m1/s1. The van der Waals surface area contributed by atoms with Gasteiger partial charge in [-0.3, -0.25) is 19.1 Å².